The Morgan fingerprint density at radius 3 is 2.95 bits per heavy atom. The lowest BCUT2D eigenvalue weighted by Gasteiger charge is -2.09. The second-order valence-electron chi connectivity index (χ2n) is 4.39. The van der Waals surface area contributed by atoms with Gasteiger partial charge in [0.25, 0.3) is 0 Å². The Kier molecular flexibility index (Phi) is 4.13. The number of hydrogen-bond donors (Lipinski definition) is 2. The predicted octanol–water partition coefficient (Wildman–Crippen LogP) is 2.74. The first-order valence-electron chi connectivity index (χ1n) is 6.13. The van der Waals surface area contributed by atoms with Gasteiger partial charge in [0.05, 0.1) is 17.4 Å². The fourth-order valence-electron chi connectivity index (χ4n) is 1.93. The van der Waals surface area contributed by atoms with Gasteiger partial charge in [0.2, 0.25) is 0 Å². The number of aromatic carboxylic acids is 1. The van der Waals surface area contributed by atoms with Crippen LogP contribution in [0, 0.1) is 6.92 Å². The number of anilines is 1. The molecule has 0 aliphatic heterocycles. The van der Waals surface area contributed by atoms with Crippen molar-refractivity contribution in [2.45, 2.75) is 13.3 Å². The topological polar surface area (TPSA) is 62.2 Å². The fraction of sp³-hybridized carbons (Fsp3) is 0.200. The summed E-state index contributed by atoms with van der Waals surface area (Å²) in [5.41, 5.74) is 3.26. The quantitative estimate of drug-likeness (QED) is 0.863. The lowest BCUT2D eigenvalue weighted by molar-refractivity contribution is 0.0698. The van der Waals surface area contributed by atoms with Crippen LogP contribution >= 0.6 is 0 Å². The maximum absolute atomic E-state index is 11.0. The van der Waals surface area contributed by atoms with Gasteiger partial charge in [-0.2, -0.15) is 0 Å². The molecular formula is C15H16N2O2. The molecule has 1 heterocycles. The van der Waals surface area contributed by atoms with Crippen molar-refractivity contribution in [1.29, 1.82) is 0 Å². The van der Waals surface area contributed by atoms with E-state index in [-0.39, 0.29) is 5.56 Å². The number of carbonyl (C=O) groups is 1. The maximum Gasteiger partial charge on any atom is 0.337 e. The molecule has 0 radical (unpaired) electrons. The molecule has 19 heavy (non-hydrogen) atoms. The summed E-state index contributed by atoms with van der Waals surface area (Å²) in [6, 6.07) is 9.77. The van der Waals surface area contributed by atoms with Crippen molar-refractivity contribution in [2.75, 3.05) is 11.9 Å². The number of pyridine rings is 1. The number of rotatable bonds is 5. The highest BCUT2D eigenvalue weighted by molar-refractivity contribution is 5.93. The molecule has 0 bridgehead atoms. The normalized spacial score (nSPS) is 10.2. The number of nitrogens with one attached hydrogen (secondary N) is 1. The van der Waals surface area contributed by atoms with E-state index < -0.39 is 5.97 Å². The van der Waals surface area contributed by atoms with Crippen molar-refractivity contribution in [1.82, 2.24) is 4.98 Å². The van der Waals surface area contributed by atoms with E-state index in [4.69, 9.17) is 5.11 Å². The molecule has 0 aliphatic carbocycles. The molecule has 2 rings (SSSR count). The first kappa shape index (κ1) is 13.1. The lowest BCUT2D eigenvalue weighted by atomic mass is 10.1. The Bertz CT molecular complexity index is 582. The van der Waals surface area contributed by atoms with E-state index >= 15 is 0 Å². The van der Waals surface area contributed by atoms with Crippen LogP contribution < -0.4 is 5.32 Å². The minimum absolute atomic E-state index is 0.249. The Hall–Kier alpha value is -2.36. The van der Waals surface area contributed by atoms with Gasteiger partial charge >= 0.3 is 5.97 Å². The summed E-state index contributed by atoms with van der Waals surface area (Å²) in [6.45, 7) is 2.73. The van der Waals surface area contributed by atoms with E-state index in [1.807, 2.05) is 6.07 Å². The van der Waals surface area contributed by atoms with E-state index in [0.717, 1.165) is 6.42 Å². The average Bonchev–Trinajstić information content (AvgIpc) is 2.39. The van der Waals surface area contributed by atoms with E-state index in [0.29, 0.717) is 12.2 Å². The first-order valence-corrected chi connectivity index (χ1v) is 6.13. The van der Waals surface area contributed by atoms with Gasteiger partial charge in [-0.15, -0.1) is 0 Å². The molecule has 0 amide bonds. The van der Waals surface area contributed by atoms with Crippen molar-refractivity contribution in [3.05, 3.63) is 59.4 Å². The molecule has 0 saturated carbocycles. The number of hydrogen-bond acceptors (Lipinski definition) is 3. The van der Waals surface area contributed by atoms with Crippen molar-refractivity contribution in [3.8, 4) is 0 Å². The van der Waals surface area contributed by atoms with Gasteiger partial charge in [-0.25, -0.2) is 4.79 Å². The first-order chi connectivity index (χ1) is 9.16. The van der Waals surface area contributed by atoms with Crippen LogP contribution in [-0.2, 0) is 6.42 Å². The van der Waals surface area contributed by atoms with Gasteiger partial charge in [0, 0.05) is 12.7 Å². The van der Waals surface area contributed by atoms with Crippen molar-refractivity contribution < 1.29 is 9.90 Å². The monoisotopic (exact) mass is 256 g/mol. The van der Waals surface area contributed by atoms with Gasteiger partial charge in [0.1, 0.15) is 0 Å². The molecule has 0 unspecified atom stereocenters. The van der Waals surface area contributed by atoms with Crippen LogP contribution in [-0.4, -0.2) is 22.6 Å². The van der Waals surface area contributed by atoms with Crippen molar-refractivity contribution in [2.24, 2.45) is 0 Å². The number of aryl methyl sites for hydroxylation is 1. The minimum Gasteiger partial charge on any atom is -0.478 e. The largest absolute Gasteiger partial charge is 0.478 e. The summed E-state index contributed by atoms with van der Waals surface area (Å²) in [5.74, 6) is -0.944. The van der Waals surface area contributed by atoms with Crippen LogP contribution in [0.25, 0.3) is 0 Å². The van der Waals surface area contributed by atoms with Gasteiger partial charge in [-0.05, 0) is 25.0 Å². The van der Waals surface area contributed by atoms with Crippen molar-refractivity contribution in [3.63, 3.8) is 0 Å². The van der Waals surface area contributed by atoms with Gasteiger partial charge < -0.3 is 10.4 Å². The van der Waals surface area contributed by atoms with Crippen LogP contribution in [0.2, 0.25) is 0 Å². The summed E-state index contributed by atoms with van der Waals surface area (Å²) < 4.78 is 0. The van der Waals surface area contributed by atoms with Crippen molar-refractivity contribution >= 4 is 11.7 Å². The van der Waals surface area contributed by atoms with Crippen LogP contribution in [0.15, 0.2) is 42.7 Å². The highest BCUT2D eigenvalue weighted by atomic mass is 16.4. The summed E-state index contributed by atoms with van der Waals surface area (Å²) in [7, 11) is 0. The predicted molar refractivity (Wildman–Crippen MR) is 74.6 cm³/mol. The molecule has 0 aliphatic rings. The molecule has 0 atom stereocenters. The zero-order chi connectivity index (χ0) is 13.7. The summed E-state index contributed by atoms with van der Waals surface area (Å²) >= 11 is 0. The maximum atomic E-state index is 11.0. The second kappa shape index (κ2) is 6.00. The molecule has 2 aromatic rings. The third kappa shape index (κ3) is 3.55. The third-order valence-electron chi connectivity index (χ3n) is 2.86. The molecular weight excluding hydrogens is 240 g/mol. The third-order valence-corrected chi connectivity index (χ3v) is 2.86. The number of aromatic nitrogens is 1. The molecule has 2 N–H and O–H groups in total. The number of benzene rings is 1. The van der Waals surface area contributed by atoms with Crippen LogP contribution in [0.1, 0.15) is 21.5 Å². The van der Waals surface area contributed by atoms with E-state index in [1.54, 1.807) is 6.20 Å². The highest BCUT2D eigenvalue weighted by Gasteiger charge is 2.08. The SMILES string of the molecule is Cc1cccc(CCNc2cnccc2C(=O)O)c1. The summed E-state index contributed by atoms with van der Waals surface area (Å²) in [6.07, 6.45) is 3.87. The Labute approximate surface area is 112 Å². The molecule has 0 saturated heterocycles. The van der Waals surface area contributed by atoms with Gasteiger partial charge in [-0.3, -0.25) is 4.98 Å². The average molecular weight is 256 g/mol. The molecule has 0 fully saturated rings. The smallest absolute Gasteiger partial charge is 0.337 e. The van der Waals surface area contributed by atoms with Gasteiger partial charge in [-0.1, -0.05) is 29.8 Å². The molecule has 4 nitrogen and oxygen atoms in total. The fourth-order valence-corrected chi connectivity index (χ4v) is 1.93. The van der Waals surface area contributed by atoms with E-state index in [1.165, 1.54) is 23.4 Å². The Morgan fingerprint density at radius 1 is 1.37 bits per heavy atom. The molecule has 1 aromatic carbocycles. The Morgan fingerprint density at radius 2 is 2.21 bits per heavy atom. The van der Waals surface area contributed by atoms with Crippen LogP contribution in [0.5, 0.6) is 0 Å². The standard InChI is InChI=1S/C15H16N2O2/c1-11-3-2-4-12(9-11)5-8-17-14-10-16-7-6-13(14)15(18)19/h2-4,6-7,9-10,17H,5,8H2,1H3,(H,18,19). The zero-order valence-electron chi connectivity index (χ0n) is 10.8. The molecule has 98 valence electrons. The highest BCUT2D eigenvalue weighted by Crippen LogP contribution is 2.13. The minimum atomic E-state index is -0.944. The summed E-state index contributed by atoms with van der Waals surface area (Å²) in [4.78, 5) is 15.0. The number of carboxylic acid groups (broad SMARTS) is 1. The lowest BCUT2D eigenvalue weighted by Crippen LogP contribution is -2.09. The molecule has 0 spiro atoms. The van der Waals surface area contributed by atoms with E-state index in [2.05, 4.69) is 35.4 Å². The Balaban J connectivity index is 1.98. The number of nitrogens with zero attached hydrogens (tertiary/aromatic N) is 1. The van der Waals surface area contributed by atoms with Crippen LogP contribution in [0.3, 0.4) is 0 Å². The van der Waals surface area contributed by atoms with Crippen LogP contribution in [0.4, 0.5) is 5.69 Å². The summed E-state index contributed by atoms with van der Waals surface area (Å²) in [5, 5.41) is 12.2. The zero-order valence-corrected chi connectivity index (χ0v) is 10.8. The second-order valence-corrected chi connectivity index (χ2v) is 4.39. The van der Waals surface area contributed by atoms with E-state index in [9.17, 15) is 4.79 Å². The van der Waals surface area contributed by atoms with Gasteiger partial charge in [0.15, 0.2) is 0 Å². The number of carboxylic acids is 1. The molecule has 1 aromatic heterocycles. The molecule has 4 heteroatoms.